The van der Waals surface area contributed by atoms with E-state index in [0.717, 1.165) is 0 Å². The number of hydrazine groups is 1. The van der Waals surface area contributed by atoms with Crippen LogP contribution in [-0.4, -0.2) is 12.0 Å². The first-order valence-electron chi connectivity index (χ1n) is 4.34. The molecule has 5 nitrogen and oxygen atoms in total. The molecule has 78 valence electrons. The number of nitrogens with zero attached hydrogens (tertiary/aromatic N) is 1. The third-order valence-corrected chi connectivity index (χ3v) is 1.81. The van der Waals surface area contributed by atoms with Crippen molar-refractivity contribution in [2.45, 2.75) is 13.0 Å². The molecule has 15 heavy (non-hydrogen) atoms. The summed E-state index contributed by atoms with van der Waals surface area (Å²) in [6.45, 7) is 1.58. The maximum Gasteiger partial charge on any atom is 0.274 e. The van der Waals surface area contributed by atoms with Gasteiger partial charge in [-0.05, 0) is 31.2 Å². The molecule has 1 rings (SSSR count). The molecule has 0 aliphatic rings. The number of ether oxygens (including phenoxy) is 1. The van der Waals surface area contributed by atoms with E-state index in [1.807, 2.05) is 11.5 Å². The van der Waals surface area contributed by atoms with Crippen LogP contribution in [0.25, 0.3) is 0 Å². The van der Waals surface area contributed by atoms with Gasteiger partial charge in [-0.3, -0.25) is 10.2 Å². The first kappa shape index (κ1) is 11.0. The molecule has 0 bridgehead atoms. The van der Waals surface area contributed by atoms with Crippen molar-refractivity contribution in [1.82, 2.24) is 5.43 Å². The lowest BCUT2D eigenvalue weighted by Crippen LogP contribution is -2.40. The van der Waals surface area contributed by atoms with E-state index in [0.29, 0.717) is 11.3 Å². The lowest BCUT2D eigenvalue weighted by molar-refractivity contribution is -0.127. The summed E-state index contributed by atoms with van der Waals surface area (Å²) in [5.74, 6) is 5.06. The fraction of sp³-hybridized carbons (Fsp3) is 0.200. The largest absolute Gasteiger partial charge is 0.481 e. The van der Waals surface area contributed by atoms with Crippen LogP contribution in [-0.2, 0) is 4.79 Å². The molecule has 1 amide bonds. The van der Waals surface area contributed by atoms with Gasteiger partial charge >= 0.3 is 0 Å². The highest BCUT2D eigenvalue weighted by Crippen LogP contribution is 2.13. The Bertz CT molecular complexity index is 381. The lowest BCUT2D eigenvalue weighted by Gasteiger charge is -2.12. The van der Waals surface area contributed by atoms with E-state index in [1.54, 1.807) is 31.2 Å². The van der Waals surface area contributed by atoms with Crippen molar-refractivity contribution >= 4 is 5.91 Å². The number of rotatable bonds is 3. The van der Waals surface area contributed by atoms with Gasteiger partial charge in [0.2, 0.25) is 0 Å². The van der Waals surface area contributed by atoms with Gasteiger partial charge in [0.25, 0.3) is 5.91 Å². The molecule has 3 N–H and O–H groups in total. The molecule has 0 aliphatic carbocycles. The van der Waals surface area contributed by atoms with Crippen LogP contribution in [0.5, 0.6) is 5.75 Å². The van der Waals surface area contributed by atoms with Gasteiger partial charge in [-0.15, -0.1) is 0 Å². The maximum atomic E-state index is 11.0. The molecule has 0 fully saturated rings. The molecule has 0 spiro atoms. The van der Waals surface area contributed by atoms with Crippen molar-refractivity contribution in [3.8, 4) is 11.8 Å². The smallest absolute Gasteiger partial charge is 0.274 e. The molecule has 1 aromatic carbocycles. The number of nitrogens with two attached hydrogens (primary N) is 1. The van der Waals surface area contributed by atoms with E-state index in [2.05, 4.69) is 0 Å². The van der Waals surface area contributed by atoms with E-state index in [4.69, 9.17) is 15.8 Å². The summed E-state index contributed by atoms with van der Waals surface area (Å²) in [5.41, 5.74) is 2.53. The van der Waals surface area contributed by atoms with E-state index in [1.165, 1.54) is 0 Å². The second-order valence-electron chi connectivity index (χ2n) is 2.90. The average molecular weight is 205 g/mol. The molecule has 0 heterocycles. The van der Waals surface area contributed by atoms with Gasteiger partial charge in [-0.1, -0.05) is 0 Å². The summed E-state index contributed by atoms with van der Waals surface area (Å²) in [7, 11) is 0. The third-order valence-electron chi connectivity index (χ3n) is 1.81. The van der Waals surface area contributed by atoms with Gasteiger partial charge in [0.1, 0.15) is 5.75 Å². The van der Waals surface area contributed by atoms with Gasteiger partial charge in [0.15, 0.2) is 6.10 Å². The summed E-state index contributed by atoms with van der Waals surface area (Å²) in [6, 6.07) is 8.46. The zero-order valence-electron chi connectivity index (χ0n) is 8.23. The van der Waals surface area contributed by atoms with Gasteiger partial charge in [-0.25, -0.2) is 5.84 Å². The van der Waals surface area contributed by atoms with Crippen molar-refractivity contribution in [3.63, 3.8) is 0 Å². The van der Waals surface area contributed by atoms with Crippen LogP contribution in [0, 0.1) is 11.3 Å². The van der Waals surface area contributed by atoms with Crippen LogP contribution in [0.2, 0.25) is 0 Å². The standard InChI is InChI=1S/C10H11N3O2/c1-7(10(14)13-12)15-9-4-2-8(6-11)3-5-9/h2-5,7H,12H2,1H3,(H,13,14)/t7-/m1/s1. The highest BCUT2D eigenvalue weighted by atomic mass is 16.5. The Kier molecular flexibility index (Phi) is 3.66. The molecule has 0 saturated heterocycles. The molecule has 0 radical (unpaired) electrons. The molecule has 0 aromatic heterocycles. The number of hydrogen-bond donors (Lipinski definition) is 2. The molecule has 1 aromatic rings. The van der Waals surface area contributed by atoms with Crippen LogP contribution >= 0.6 is 0 Å². The van der Waals surface area contributed by atoms with Gasteiger partial charge in [0.05, 0.1) is 11.6 Å². The van der Waals surface area contributed by atoms with Crippen LogP contribution in [0.3, 0.4) is 0 Å². The summed E-state index contributed by atoms with van der Waals surface area (Å²) in [4.78, 5) is 11.0. The van der Waals surface area contributed by atoms with E-state index < -0.39 is 12.0 Å². The van der Waals surface area contributed by atoms with Crippen molar-refractivity contribution in [2.24, 2.45) is 5.84 Å². The normalized spacial score (nSPS) is 11.3. The number of hydrogen-bond acceptors (Lipinski definition) is 4. The van der Waals surface area contributed by atoms with E-state index >= 15 is 0 Å². The Balaban J connectivity index is 2.66. The van der Waals surface area contributed by atoms with Crippen molar-refractivity contribution in [3.05, 3.63) is 29.8 Å². The zero-order chi connectivity index (χ0) is 11.3. The summed E-state index contributed by atoms with van der Waals surface area (Å²) < 4.78 is 5.27. The Labute approximate surface area is 87.4 Å². The molecule has 0 aliphatic heterocycles. The first-order chi connectivity index (χ1) is 7.17. The average Bonchev–Trinajstić information content (AvgIpc) is 2.29. The summed E-state index contributed by atoms with van der Waals surface area (Å²) in [6.07, 6.45) is -0.664. The Hall–Kier alpha value is -2.06. The second-order valence-corrected chi connectivity index (χ2v) is 2.90. The topological polar surface area (TPSA) is 88.1 Å². The van der Waals surface area contributed by atoms with Gasteiger partial charge in [0, 0.05) is 0 Å². The molecule has 5 heteroatoms. The summed E-state index contributed by atoms with van der Waals surface area (Å²) in [5, 5.41) is 8.57. The number of carbonyl (C=O) groups excluding carboxylic acids is 1. The van der Waals surface area contributed by atoms with Crippen LogP contribution in [0.4, 0.5) is 0 Å². The number of amides is 1. The molecule has 0 unspecified atom stereocenters. The third kappa shape index (κ3) is 2.97. The Morgan fingerprint density at radius 1 is 1.53 bits per heavy atom. The molecule has 1 atom stereocenters. The fourth-order valence-electron chi connectivity index (χ4n) is 0.983. The SMILES string of the molecule is C[C@@H](Oc1ccc(C#N)cc1)C(=O)NN. The van der Waals surface area contributed by atoms with Crippen LogP contribution in [0.15, 0.2) is 24.3 Å². The van der Waals surface area contributed by atoms with Crippen molar-refractivity contribution in [1.29, 1.82) is 5.26 Å². The Morgan fingerprint density at radius 3 is 2.60 bits per heavy atom. The minimum Gasteiger partial charge on any atom is -0.481 e. The monoisotopic (exact) mass is 205 g/mol. The second kappa shape index (κ2) is 4.98. The first-order valence-corrected chi connectivity index (χ1v) is 4.34. The van der Waals surface area contributed by atoms with Gasteiger partial charge in [-0.2, -0.15) is 5.26 Å². The molecule has 0 saturated carbocycles. The zero-order valence-corrected chi connectivity index (χ0v) is 8.23. The van der Waals surface area contributed by atoms with Crippen LogP contribution < -0.4 is 16.0 Å². The quantitative estimate of drug-likeness (QED) is 0.422. The maximum absolute atomic E-state index is 11.0. The highest BCUT2D eigenvalue weighted by molar-refractivity contribution is 5.80. The highest BCUT2D eigenvalue weighted by Gasteiger charge is 2.12. The number of nitrogens with one attached hydrogen (secondary N) is 1. The van der Waals surface area contributed by atoms with E-state index in [9.17, 15) is 4.79 Å². The predicted molar refractivity (Wildman–Crippen MR) is 53.6 cm³/mol. The predicted octanol–water partition coefficient (Wildman–Crippen LogP) is 0.315. The number of carbonyl (C=O) groups is 1. The van der Waals surface area contributed by atoms with Crippen molar-refractivity contribution < 1.29 is 9.53 Å². The van der Waals surface area contributed by atoms with Crippen LogP contribution in [0.1, 0.15) is 12.5 Å². The number of benzene rings is 1. The lowest BCUT2D eigenvalue weighted by atomic mass is 10.2. The minimum absolute atomic E-state index is 0.403. The number of nitriles is 1. The Morgan fingerprint density at radius 2 is 2.13 bits per heavy atom. The van der Waals surface area contributed by atoms with Gasteiger partial charge < -0.3 is 4.74 Å². The summed E-state index contributed by atoms with van der Waals surface area (Å²) >= 11 is 0. The fourth-order valence-corrected chi connectivity index (χ4v) is 0.983. The molecular weight excluding hydrogens is 194 g/mol. The molecular formula is C10H11N3O2. The van der Waals surface area contributed by atoms with E-state index in [-0.39, 0.29) is 0 Å². The van der Waals surface area contributed by atoms with Crippen molar-refractivity contribution in [2.75, 3.05) is 0 Å². The minimum atomic E-state index is -0.664.